The molecule has 0 aliphatic heterocycles. The number of benzene rings is 1. The first kappa shape index (κ1) is 10.2. The van der Waals surface area contributed by atoms with E-state index in [1.54, 1.807) is 6.20 Å². The fourth-order valence-corrected chi connectivity index (χ4v) is 1.83. The predicted octanol–water partition coefficient (Wildman–Crippen LogP) is 2.58. The fourth-order valence-electron chi connectivity index (χ4n) is 1.41. The van der Waals surface area contributed by atoms with Crippen molar-refractivity contribution in [1.29, 1.82) is 0 Å². The van der Waals surface area contributed by atoms with Gasteiger partial charge in [-0.05, 0) is 24.1 Å². The number of nitrogens with two attached hydrogens (primary N) is 1. The van der Waals surface area contributed by atoms with Gasteiger partial charge in [-0.3, -0.25) is 0 Å². The molecule has 0 spiro atoms. The highest BCUT2D eigenvalue weighted by Crippen LogP contribution is 2.18. The molecule has 0 atom stereocenters. The number of anilines is 1. The van der Waals surface area contributed by atoms with Gasteiger partial charge in [-0.2, -0.15) is 0 Å². The SMILES string of the molecule is Cc1ccc(Cn2ccnc2N)cc1Br. The van der Waals surface area contributed by atoms with Gasteiger partial charge < -0.3 is 10.3 Å². The first-order valence-electron chi connectivity index (χ1n) is 4.68. The highest BCUT2D eigenvalue weighted by Gasteiger charge is 2.01. The monoisotopic (exact) mass is 265 g/mol. The minimum Gasteiger partial charge on any atom is -0.369 e. The summed E-state index contributed by atoms with van der Waals surface area (Å²) in [5, 5.41) is 0. The molecule has 0 fully saturated rings. The lowest BCUT2D eigenvalue weighted by atomic mass is 10.1. The van der Waals surface area contributed by atoms with Gasteiger partial charge in [-0.25, -0.2) is 4.98 Å². The maximum atomic E-state index is 5.70. The molecule has 2 N–H and O–H groups in total. The molecule has 0 saturated carbocycles. The Morgan fingerprint density at radius 1 is 1.47 bits per heavy atom. The van der Waals surface area contributed by atoms with Crippen LogP contribution in [-0.4, -0.2) is 9.55 Å². The lowest BCUT2D eigenvalue weighted by Gasteiger charge is -2.06. The predicted molar refractivity (Wildman–Crippen MR) is 64.6 cm³/mol. The highest BCUT2D eigenvalue weighted by atomic mass is 79.9. The van der Waals surface area contributed by atoms with Crippen LogP contribution in [0.5, 0.6) is 0 Å². The average molecular weight is 266 g/mol. The lowest BCUT2D eigenvalue weighted by molar-refractivity contribution is 0.810. The van der Waals surface area contributed by atoms with Crippen molar-refractivity contribution in [2.75, 3.05) is 5.73 Å². The molecule has 1 aromatic heterocycles. The van der Waals surface area contributed by atoms with Crippen LogP contribution in [0.2, 0.25) is 0 Å². The second kappa shape index (κ2) is 4.06. The molecule has 0 unspecified atom stereocenters. The van der Waals surface area contributed by atoms with Crippen LogP contribution in [-0.2, 0) is 6.54 Å². The zero-order valence-electron chi connectivity index (χ0n) is 8.44. The minimum absolute atomic E-state index is 0.548. The molecule has 0 amide bonds. The van der Waals surface area contributed by atoms with E-state index in [1.807, 2.05) is 10.8 Å². The molecule has 1 heterocycles. The van der Waals surface area contributed by atoms with Gasteiger partial charge in [-0.15, -0.1) is 0 Å². The number of imidazole rings is 1. The quantitative estimate of drug-likeness (QED) is 0.907. The summed E-state index contributed by atoms with van der Waals surface area (Å²) >= 11 is 3.51. The maximum absolute atomic E-state index is 5.70. The molecule has 15 heavy (non-hydrogen) atoms. The lowest BCUT2D eigenvalue weighted by Crippen LogP contribution is -2.03. The van der Waals surface area contributed by atoms with Gasteiger partial charge in [0.05, 0.1) is 6.54 Å². The molecule has 1 aromatic carbocycles. The van der Waals surface area contributed by atoms with E-state index in [1.165, 1.54) is 11.1 Å². The van der Waals surface area contributed by atoms with E-state index >= 15 is 0 Å². The third-order valence-electron chi connectivity index (χ3n) is 2.34. The summed E-state index contributed by atoms with van der Waals surface area (Å²) in [5.41, 5.74) is 8.14. The molecule has 0 saturated heterocycles. The van der Waals surface area contributed by atoms with Crippen molar-refractivity contribution in [3.8, 4) is 0 Å². The minimum atomic E-state index is 0.548. The number of aromatic nitrogens is 2. The summed E-state index contributed by atoms with van der Waals surface area (Å²) in [6.45, 7) is 2.82. The Labute approximate surface area is 97.1 Å². The summed E-state index contributed by atoms with van der Waals surface area (Å²) in [6, 6.07) is 6.29. The van der Waals surface area contributed by atoms with Gasteiger partial charge >= 0.3 is 0 Å². The van der Waals surface area contributed by atoms with Crippen molar-refractivity contribution >= 4 is 21.9 Å². The smallest absolute Gasteiger partial charge is 0.200 e. The Morgan fingerprint density at radius 3 is 2.87 bits per heavy atom. The number of rotatable bonds is 2. The van der Waals surface area contributed by atoms with E-state index in [0.29, 0.717) is 5.95 Å². The molecule has 4 heteroatoms. The first-order chi connectivity index (χ1) is 7.16. The number of hydrogen-bond acceptors (Lipinski definition) is 2. The molecule has 3 nitrogen and oxygen atoms in total. The van der Waals surface area contributed by atoms with Crippen molar-refractivity contribution in [2.45, 2.75) is 13.5 Å². The van der Waals surface area contributed by atoms with Crippen LogP contribution in [0.25, 0.3) is 0 Å². The third kappa shape index (κ3) is 2.21. The Morgan fingerprint density at radius 2 is 2.27 bits per heavy atom. The molecule has 2 rings (SSSR count). The van der Waals surface area contributed by atoms with Crippen molar-refractivity contribution in [3.63, 3.8) is 0 Å². The van der Waals surface area contributed by atoms with Crippen LogP contribution >= 0.6 is 15.9 Å². The standard InChI is InChI=1S/C11H12BrN3/c1-8-2-3-9(6-10(8)12)7-15-5-4-14-11(15)13/h2-6H,7H2,1H3,(H2,13,14). The van der Waals surface area contributed by atoms with Crippen LogP contribution in [0, 0.1) is 6.92 Å². The van der Waals surface area contributed by atoms with Crippen LogP contribution in [0.3, 0.4) is 0 Å². The van der Waals surface area contributed by atoms with E-state index in [9.17, 15) is 0 Å². The summed E-state index contributed by atoms with van der Waals surface area (Å²) in [7, 11) is 0. The van der Waals surface area contributed by atoms with E-state index in [4.69, 9.17) is 5.73 Å². The van der Waals surface area contributed by atoms with Gasteiger partial charge in [0.1, 0.15) is 0 Å². The molecule has 0 aliphatic carbocycles. The van der Waals surface area contributed by atoms with E-state index in [-0.39, 0.29) is 0 Å². The summed E-state index contributed by atoms with van der Waals surface area (Å²) < 4.78 is 3.04. The van der Waals surface area contributed by atoms with Crippen molar-refractivity contribution in [2.24, 2.45) is 0 Å². The Balaban J connectivity index is 2.25. The molecule has 0 radical (unpaired) electrons. The number of halogens is 1. The highest BCUT2D eigenvalue weighted by molar-refractivity contribution is 9.10. The first-order valence-corrected chi connectivity index (χ1v) is 5.48. The molecule has 0 aliphatic rings. The molecular formula is C11H12BrN3. The topological polar surface area (TPSA) is 43.8 Å². The summed E-state index contributed by atoms with van der Waals surface area (Å²) in [6.07, 6.45) is 3.58. The van der Waals surface area contributed by atoms with E-state index < -0.39 is 0 Å². The van der Waals surface area contributed by atoms with Crippen LogP contribution in [0.15, 0.2) is 35.1 Å². The Bertz CT molecular complexity index is 476. The molecule has 78 valence electrons. The summed E-state index contributed by atoms with van der Waals surface area (Å²) in [4.78, 5) is 3.98. The van der Waals surface area contributed by atoms with E-state index in [2.05, 4.69) is 46.0 Å². The second-order valence-corrected chi connectivity index (χ2v) is 4.35. The zero-order chi connectivity index (χ0) is 10.8. The largest absolute Gasteiger partial charge is 0.369 e. The van der Waals surface area contributed by atoms with Crippen LogP contribution in [0.4, 0.5) is 5.95 Å². The number of nitrogens with zero attached hydrogens (tertiary/aromatic N) is 2. The van der Waals surface area contributed by atoms with Gasteiger partial charge in [0.2, 0.25) is 0 Å². The molecular weight excluding hydrogens is 254 g/mol. The molecule has 0 bridgehead atoms. The molecule has 2 aromatic rings. The third-order valence-corrected chi connectivity index (χ3v) is 3.19. The summed E-state index contributed by atoms with van der Waals surface area (Å²) in [5.74, 6) is 0.548. The van der Waals surface area contributed by atoms with Gasteiger partial charge in [-0.1, -0.05) is 28.1 Å². The average Bonchev–Trinajstić information content (AvgIpc) is 2.59. The number of nitrogen functional groups attached to an aromatic ring is 1. The Kier molecular flexibility index (Phi) is 2.77. The number of aryl methyl sites for hydroxylation is 1. The van der Waals surface area contributed by atoms with Crippen molar-refractivity contribution < 1.29 is 0 Å². The normalized spacial score (nSPS) is 10.5. The van der Waals surface area contributed by atoms with Crippen LogP contribution < -0.4 is 5.73 Å². The number of hydrogen-bond donors (Lipinski definition) is 1. The van der Waals surface area contributed by atoms with Crippen molar-refractivity contribution in [3.05, 3.63) is 46.2 Å². The van der Waals surface area contributed by atoms with E-state index in [0.717, 1.165) is 11.0 Å². The maximum Gasteiger partial charge on any atom is 0.200 e. The fraction of sp³-hybridized carbons (Fsp3) is 0.182. The van der Waals surface area contributed by atoms with Crippen molar-refractivity contribution in [1.82, 2.24) is 9.55 Å². The van der Waals surface area contributed by atoms with Gasteiger partial charge in [0.15, 0.2) is 5.95 Å². The van der Waals surface area contributed by atoms with Crippen LogP contribution in [0.1, 0.15) is 11.1 Å². The zero-order valence-corrected chi connectivity index (χ0v) is 10.0. The Hall–Kier alpha value is -1.29. The van der Waals surface area contributed by atoms with Gasteiger partial charge in [0, 0.05) is 16.9 Å². The second-order valence-electron chi connectivity index (χ2n) is 3.50. The van der Waals surface area contributed by atoms with Gasteiger partial charge in [0.25, 0.3) is 0 Å².